The maximum Gasteiger partial charge on any atom is 0.200 e. The van der Waals surface area contributed by atoms with E-state index >= 15 is 0 Å². The summed E-state index contributed by atoms with van der Waals surface area (Å²) in [6.07, 6.45) is 0. The highest BCUT2D eigenvalue weighted by molar-refractivity contribution is 9.10. The monoisotopic (exact) mass is 318 g/mol. The van der Waals surface area contributed by atoms with Gasteiger partial charge in [0.2, 0.25) is 5.78 Å². The number of para-hydroxylation sites is 1. The van der Waals surface area contributed by atoms with Crippen LogP contribution in [0.2, 0.25) is 0 Å². The minimum Gasteiger partial charge on any atom is -0.485 e. The largest absolute Gasteiger partial charge is 0.485 e. The summed E-state index contributed by atoms with van der Waals surface area (Å²) in [6, 6.07) is 13.3. The average Bonchev–Trinajstić information content (AvgIpc) is 2.36. The summed E-state index contributed by atoms with van der Waals surface area (Å²) in [5.41, 5.74) is 2.68. The molecule has 98 valence electrons. The zero-order valence-electron chi connectivity index (χ0n) is 10.9. The minimum absolute atomic E-state index is 0.00588. The van der Waals surface area contributed by atoms with Gasteiger partial charge in [-0.15, -0.1) is 0 Å². The average molecular weight is 319 g/mol. The van der Waals surface area contributed by atoms with Crippen LogP contribution in [0.3, 0.4) is 0 Å². The molecule has 0 fully saturated rings. The number of rotatable bonds is 4. The van der Waals surface area contributed by atoms with Gasteiger partial charge < -0.3 is 4.74 Å². The van der Waals surface area contributed by atoms with Crippen LogP contribution in [0, 0.1) is 13.8 Å². The summed E-state index contributed by atoms with van der Waals surface area (Å²) in [5.74, 6) is 0.717. The van der Waals surface area contributed by atoms with Gasteiger partial charge in [0.1, 0.15) is 5.75 Å². The Morgan fingerprint density at radius 1 is 1.11 bits per heavy atom. The van der Waals surface area contributed by atoms with E-state index in [2.05, 4.69) is 15.9 Å². The van der Waals surface area contributed by atoms with Gasteiger partial charge in [0.25, 0.3) is 0 Å². The summed E-state index contributed by atoms with van der Waals surface area (Å²) >= 11 is 3.43. The quantitative estimate of drug-likeness (QED) is 0.784. The van der Waals surface area contributed by atoms with Crippen molar-refractivity contribution in [3.05, 3.63) is 63.6 Å². The van der Waals surface area contributed by atoms with Crippen LogP contribution in [0.1, 0.15) is 21.5 Å². The number of halogens is 1. The molecule has 0 saturated carbocycles. The molecule has 2 aromatic carbocycles. The molecule has 19 heavy (non-hydrogen) atoms. The van der Waals surface area contributed by atoms with Crippen molar-refractivity contribution < 1.29 is 9.53 Å². The highest BCUT2D eigenvalue weighted by Crippen LogP contribution is 2.21. The minimum atomic E-state index is 0.00588. The first-order valence-corrected chi connectivity index (χ1v) is 6.85. The number of benzene rings is 2. The zero-order valence-corrected chi connectivity index (χ0v) is 12.5. The summed E-state index contributed by atoms with van der Waals surface area (Å²) in [5, 5.41) is 0. The predicted molar refractivity (Wildman–Crippen MR) is 79.9 cm³/mol. The van der Waals surface area contributed by atoms with Crippen LogP contribution in [0.5, 0.6) is 5.75 Å². The maximum atomic E-state index is 12.2. The van der Waals surface area contributed by atoms with Crippen LogP contribution in [-0.4, -0.2) is 12.4 Å². The van der Waals surface area contributed by atoms with Crippen LogP contribution >= 0.6 is 15.9 Å². The molecule has 0 spiro atoms. The van der Waals surface area contributed by atoms with Crippen molar-refractivity contribution in [1.29, 1.82) is 0 Å². The number of Topliss-reactive ketones (excluding diaryl/α,β-unsaturated/α-hetero) is 1. The van der Waals surface area contributed by atoms with E-state index in [1.165, 1.54) is 0 Å². The summed E-state index contributed by atoms with van der Waals surface area (Å²) in [4.78, 5) is 12.2. The third kappa shape index (κ3) is 3.44. The molecular weight excluding hydrogens is 304 g/mol. The highest BCUT2D eigenvalue weighted by atomic mass is 79.9. The van der Waals surface area contributed by atoms with Gasteiger partial charge in [0, 0.05) is 10.0 Å². The van der Waals surface area contributed by atoms with Crippen molar-refractivity contribution >= 4 is 21.7 Å². The number of ether oxygens (including phenoxy) is 1. The van der Waals surface area contributed by atoms with Crippen molar-refractivity contribution in [2.75, 3.05) is 6.61 Å². The first-order chi connectivity index (χ1) is 9.08. The number of carbonyl (C=O) groups is 1. The molecule has 0 N–H and O–H groups in total. The van der Waals surface area contributed by atoms with Crippen LogP contribution in [0.15, 0.2) is 46.9 Å². The molecule has 3 heteroatoms. The molecule has 0 radical (unpaired) electrons. The van der Waals surface area contributed by atoms with Gasteiger partial charge in [-0.1, -0.05) is 34.1 Å². The molecule has 0 aliphatic carbocycles. The number of ketones is 1. The Labute approximate surface area is 121 Å². The van der Waals surface area contributed by atoms with E-state index in [4.69, 9.17) is 4.74 Å². The molecule has 0 heterocycles. The summed E-state index contributed by atoms with van der Waals surface area (Å²) < 4.78 is 6.49. The Morgan fingerprint density at radius 3 is 2.26 bits per heavy atom. The van der Waals surface area contributed by atoms with E-state index in [0.29, 0.717) is 5.75 Å². The molecule has 2 nitrogen and oxygen atoms in total. The molecule has 0 amide bonds. The van der Waals surface area contributed by atoms with Crippen molar-refractivity contribution in [3.63, 3.8) is 0 Å². The fourth-order valence-corrected chi connectivity index (χ4v) is 2.78. The molecule has 0 aromatic heterocycles. The van der Waals surface area contributed by atoms with Crippen LogP contribution in [0.4, 0.5) is 0 Å². The lowest BCUT2D eigenvalue weighted by Gasteiger charge is -2.10. The number of aryl methyl sites for hydroxylation is 2. The van der Waals surface area contributed by atoms with Gasteiger partial charge in [-0.25, -0.2) is 0 Å². The Bertz CT molecular complexity index is 568. The van der Waals surface area contributed by atoms with Gasteiger partial charge in [0.05, 0.1) is 0 Å². The van der Waals surface area contributed by atoms with E-state index < -0.39 is 0 Å². The molecule has 0 saturated heterocycles. The number of carbonyl (C=O) groups excluding carboxylic acids is 1. The summed E-state index contributed by atoms with van der Waals surface area (Å²) in [7, 11) is 0. The van der Waals surface area contributed by atoms with E-state index in [-0.39, 0.29) is 12.4 Å². The highest BCUT2D eigenvalue weighted by Gasteiger charge is 2.13. The Morgan fingerprint density at radius 2 is 1.68 bits per heavy atom. The van der Waals surface area contributed by atoms with Gasteiger partial charge in [-0.2, -0.15) is 0 Å². The second-order valence-corrected chi connectivity index (χ2v) is 5.36. The second kappa shape index (κ2) is 6.02. The molecule has 0 unspecified atom stereocenters. The first-order valence-electron chi connectivity index (χ1n) is 6.05. The van der Waals surface area contributed by atoms with Gasteiger partial charge in [0.15, 0.2) is 6.61 Å². The van der Waals surface area contributed by atoms with E-state index in [1.54, 1.807) is 0 Å². The standard InChI is InChI=1S/C16H15BrO2/c1-11-8-13(17)9-12(2)16(11)15(18)10-19-14-6-4-3-5-7-14/h3-9H,10H2,1-2H3. The molecule has 0 atom stereocenters. The second-order valence-electron chi connectivity index (χ2n) is 4.44. The Balaban J connectivity index is 2.13. The first kappa shape index (κ1) is 13.8. The Kier molecular flexibility index (Phi) is 4.38. The summed E-state index contributed by atoms with van der Waals surface area (Å²) in [6.45, 7) is 3.94. The van der Waals surface area contributed by atoms with Gasteiger partial charge in [-0.3, -0.25) is 4.79 Å². The molecule has 2 rings (SSSR count). The third-order valence-corrected chi connectivity index (χ3v) is 3.35. The smallest absolute Gasteiger partial charge is 0.200 e. The number of hydrogen-bond donors (Lipinski definition) is 0. The normalized spacial score (nSPS) is 10.3. The maximum absolute atomic E-state index is 12.2. The van der Waals surface area contributed by atoms with Crippen LogP contribution in [-0.2, 0) is 0 Å². The Hall–Kier alpha value is -1.61. The van der Waals surface area contributed by atoms with Crippen molar-refractivity contribution in [2.24, 2.45) is 0 Å². The SMILES string of the molecule is Cc1cc(Br)cc(C)c1C(=O)COc1ccccc1. The van der Waals surface area contributed by atoms with E-state index in [0.717, 1.165) is 21.2 Å². The van der Waals surface area contributed by atoms with Crippen molar-refractivity contribution in [3.8, 4) is 5.75 Å². The fraction of sp³-hybridized carbons (Fsp3) is 0.188. The zero-order chi connectivity index (χ0) is 13.8. The molecular formula is C16H15BrO2. The lowest BCUT2D eigenvalue weighted by Crippen LogP contribution is -2.14. The van der Waals surface area contributed by atoms with Gasteiger partial charge >= 0.3 is 0 Å². The van der Waals surface area contributed by atoms with Crippen molar-refractivity contribution in [1.82, 2.24) is 0 Å². The molecule has 2 aromatic rings. The molecule has 0 bridgehead atoms. The van der Waals surface area contributed by atoms with Crippen molar-refractivity contribution in [2.45, 2.75) is 13.8 Å². The predicted octanol–water partition coefficient (Wildman–Crippen LogP) is 4.33. The lowest BCUT2D eigenvalue weighted by atomic mass is 9.99. The van der Waals surface area contributed by atoms with E-state index in [1.807, 2.05) is 56.3 Å². The number of hydrogen-bond acceptors (Lipinski definition) is 2. The molecule has 0 aliphatic rings. The van der Waals surface area contributed by atoms with Crippen LogP contribution in [0.25, 0.3) is 0 Å². The lowest BCUT2D eigenvalue weighted by molar-refractivity contribution is 0.0920. The fourth-order valence-electron chi connectivity index (χ4n) is 2.09. The van der Waals surface area contributed by atoms with Gasteiger partial charge in [-0.05, 0) is 49.2 Å². The third-order valence-electron chi connectivity index (χ3n) is 2.89. The topological polar surface area (TPSA) is 26.3 Å². The van der Waals surface area contributed by atoms with Crippen LogP contribution < -0.4 is 4.74 Å². The van der Waals surface area contributed by atoms with E-state index in [9.17, 15) is 4.79 Å². The molecule has 0 aliphatic heterocycles.